The van der Waals surface area contributed by atoms with Gasteiger partial charge in [0.25, 0.3) is 5.91 Å². The summed E-state index contributed by atoms with van der Waals surface area (Å²) in [6, 6.07) is 5.81. The molecular weight excluding hydrogens is 256 g/mol. The van der Waals surface area contributed by atoms with Gasteiger partial charge in [-0.1, -0.05) is 44.3 Å². The summed E-state index contributed by atoms with van der Waals surface area (Å²) >= 11 is 5.12. The molecule has 0 unspecified atom stereocenters. The molecule has 104 valence electrons. The average Bonchev–Trinajstić information content (AvgIpc) is 2.35. The Morgan fingerprint density at radius 2 is 1.74 bits per heavy atom. The number of rotatable bonds is 5. The van der Waals surface area contributed by atoms with Crippen LogP contribution in [0.25, 0.3) is 0 Å². The summed E-state index contributed by atoms with van der Waals surface area (Å²) < 4.78 is 0. The minimum Gasteiger partial charge on any atom is -0.391 e. The van der Waals surface area contributed by atoms with Crippen LogP contribution in [0.5, 0.6) is 0 Å². The van der Waals surface area contributed by atoms with Crippen molar-refractivity contribution in [2.24, 2.45) is 5.73 Å². The van der Waals surface area contributed by atoms with Gasteiger partial charge < -0.3 is 11.1 Å². The molecule has 0 atom stereocenters. The monoisotopic (exact) mass is 278 g/mol. The summed E-state index contributed by atoms with van der Waals surface area (Å²) in [6.45, 7) is 7.83. The molecule has 0 aromatic heterocycles. The van der Waals surface area contributed by atoms with Gasteiger partial charge >= 0.3 is 0 Å². The molecule has 0 bridgehead atoms. The van der Waals surface area contributed by atoms with Gasteiger partial charge in [-0.3, -0.25) is 4.79 Å². The summed E-state index contributed by atoms with van der Waals surface area (Å²) in [6.07, 6.45) is 1.38. The number of benzene rings is 1. The van der Waals surface area contributed by atoms with Gasteiger partial charge in [0, 0.05) is 5.56 Å². The highest BCUT2D eigenvalue weighted by atomic mass is 32.1. The number of carbonyl (C=O) groups excluding carboxylic acids is 1. The summed E-state index contributed by atoms with van der Waals surface area (Å²) in [5, 5.41) is 3.02. The quantitative estimate of drug-likeness (QED) is 0.814. The Hall–Kier alpha value is -1.42. The number of thiocarbonyl (C=S) groups is 1. The fraction of sp³-hybridized carbons (Fsp3) is 0.467. The fourth-order valence-corrected chi connectivity index (χ4v) is 2.63. The maximum Gasteiger partial charge on any atom is 0.252 e. The van der Waals surface area contributed by atoms with Gasteiger partial charge in [-0.15, -0.1) is 0 Å². The van der Waals surface area contributed by atoms with E-state index in [4.69, 9.17) is 18.0 Å². The molecule has 0 heterocycles. The first-order valence-electron chi connectivity index (χ1n) is 6.56. The van der Waals surface area contributed by atoms with Crippen LogP contribution in [0.15, 0.2) is 18.2 Å². The molecular formula is C15H22N2OS. The lowest BCUT2D eigenvalue weighted by molar-refractivity contribution is 0.0918. The minimum absolute atomic E-state index is 0.105. The number of hydrogen-bond acceptors (Lipinski definition) is 2. The van der Waals surface area contributed by atoms with Crippen LogP contribution in [0.2, 0.25) is 0 Å². The van der Waals surface area contributed by atoms with Crippen LogP contribution in [-0.2, 0) is 0 Å². The number of carbonyl (C=O) groups is 1. The Morgan fingerprint density at radius 1 is 1.26 bits per heavy atom. The Morgan fingerprint density at radius 3 is 2.11 bits per heavy atom. The smallest absolute Gasteiger partial charge is 0.252 e. The van der Waals surface area contributed by atoms with E-state index < -0.39 is 5.54 Å². The third-order valence-electron chi connectivity index (χ3n) is 3.74. The topological polar surface area (TPSA) is 55.1 Å². The van der Waals surface area contributed by atoms with E-state index in [0.717, 1.165) is 11.1 Å². The molecule has 0 spiro atoms. The Bertz CT molecular complexity index is 473. The number of aryl methyl sites for hydroxylation is 2. The molecule has 4 heteroatoms. The molecule has 19 heavy (non-hydrogen) atoms. The molecule has 0 fully saturated rings. The molecule has 0 radical (unpaired) electrons. The van der Waals surface area contributed by atoms with E-state index in [1.165, 1.54) is 0 Å². The third kappa shape index (κ3) is 3.13. The second kappa shape index (κ2) is 6.15. The first-order chi connectivity index (χ1) is 8.88. The molecule has 3 nitrogen and oxygen atoms in total. The fourth-order valence-electron chi connectivity index (χ4n) is 2.29. The van der Waals surface area contributed by atoms with Crippen LogP contribution in [-0.4, -0.2) is 16.4 Å². The van der Waals surface area contributed by atoms with E-state index >= 15 is 0 Å². The zero-order chi connectivity index (χ0) is 14.6. The highest BCUT2D eigenvalue weighted by Crippen LogP contribution is 2.19. The molecule has 0 aliphatic rings. The number of nitrogens with one attached hydrogen (secondary N) is 1. The van der Waals surface area contributed by atoms with Gasteiger partial charge in [-0.2, -0.15) is 0 Å². The van der Waals surface area contributed by atoms with Crippen LogP contribution in [0.4, 0.5) is 0 Å². The van der Waals surface area contributed by atoms with Crippen LogP contribution in [0.1, 0.15) is 48.2 Å². The lowest BCUT2D eigenvalue weighted by Gasteiger charge is -2.32. The van der Waals surface area contributed by atoms with E-state index in [0.29, 0.717) is 23.4 Å². The van der Waals surface area contributed by atoms with E-state index in [9.17, 15) is 4.79 Å². The van der Waals surface area contributed by atoms with Gasteiger partial charge in [0.1, 0.15) is 0 Å². The molecule has 1 aromatic rings. The van der Waals surface area contributed by atoms with Crippen molar-refractivity contribution in [1.82, 2.24) is 5.32 Å². The normalized spacial score (nSPS) is 11.2. The summed E-state index contributed by atoms with van der Waals surface area (Å²) in [7, 11) is 0. The van der Waals surface area contributed by atoms with E-state index in [-0.39, 0.29) is 5.91 Å². The number of nitrogens with two attached hydrogens (primary N) is 1. The lowest BCUT2D eigenvalue weighted by atomic mass is 9.91. The van der Waals surface area contributed by atoms with Gasteiger partial charge in [0.2, 0.25) is 0 Å². The maximum absolute atomic E-state index is 12.5. The van der Waals surface area contributed by atoms with Gasteiger partial charge in [0.05, 0.1) is 10.5 Å². The minimum atomic E-state index is -0.596. The summed E-state index contributed by atoms with van der Waals surface area (Å²) in [5.74, 6) is -0.105. The Balaban J connectivity index is 3.11. The van der Waals surface area contributed by atoms with Crippen LogP contribution >= 0.6 is 12.2 Å². The standard InChI is InChI=1S/C15H22N2OS/c1-5-15(6-2,14(16)19)17-13(18)12-10(3)8-7-9-11(12)4/h7-9H,5-6H2,1-4H3,(H2,16,19)(H,17,18). The van der Waals surface area contributed by atoms with Crippen molar-refractivity contribution in [3.05, 3.63) is 34.9 Å². The molecule has 1 amide bonds. The molecule has 1 rings (SSSR count). The second-order valence-electron chi connectivity index (χ2n) is 4.87. The SMILES string of the molecule is CCC(CC)(NC(=O)c1c(C)cccc1C)C(N)=S. The third-order valence-corrected chi connectivity index (χ3v) is 4.13. The first kappa shape index (κ1) is 15.6. The predicted octanol–water partition coefficient (Wildman–Crippen LogP) is 2.88. The zero-order valence-electron chi connectivity index (χ0n) is 12.0. The van der Waals surface area contributed by atoms with Crippen LogP contribution in [0, 0.1) is 13.8 Å². The van der Waals surface area contributed by atoms with E-state index in [2.05, 4.69) is 5.32 Å². The lowest BCUT2D eigenvalue weighted by Crippen LogP contribution is -2.56. The zero-order valence-corrected chi connectivity index (χ0v) is 12.9. The van der Waals surface area contributed by atoms with Crippen molar-refractivity contribution >= 4 is 23.1 Å². The first-order valence-corrected chi connectivity index (χ1v) is 6.97. The van der Waals surface area contributed by atoms with Crippen molar-refractivity contribution in [3.8, 4) is 0 Å². The predicted molar refractivity (Wildman–Crippen MR) is 83.5 cm³/mol. The molecule has 0 aliphatic heterocycles. The average molecular weight is 278 g/mol. The van der Waals surface area contributed by atoms with Crippen molar-refractivity contribution in [3.63, 3.8) is 0 Å². The van der Waals surface area contributed by atoms with Crippen LogP contribution in [0.3, 0.4) is 0 Å². The molecule has 3 N–H and O–H groups in total. The largest absolute Gasteiger partial charge is 0.391 e. The van der Waals surface area contributed by atoms with E-state index in [1.807, 2.05) is 45.9 Å². The highest BCUT2D eigenvalue weighted by Gasteiger charge is 2.32. The van der Waals surface area contributed by atoms with Crippen molar-refractivity contribution < 1.29 is 4.79 Å². The Labute approximate surface area is 120 Å². The molecule has 0 saturated heterocycles. The summed E-state index contributed by atoms with van der Waals surface area (Å²) in [4.78, 5) is 12.8. The van der Waals surface area contributed by atoms with Crippen molar-refractivity contribution in [2.75, 3.05) is 0 Å². The molecule has 0 aliphatic carbocycles. The number of hydrogen-bond donors (Lipinski definition) is 2. The Kier molecular flexibility index (Phi) is 5.06. The van der Waals surface area contributed by atoms with Crippen molar-refractivity contribution in [1.29, 1.82) is 0 Å². The van der Waals surface area contributed by atoms with Crippen molar-refractivity contribution in [2.45, 2.75) is 46.1 Å². The summed E-state index contributed by atoms with van der Waals surface area (Å²) in [5.41, 5.74) is 7.85. The van der Waals surface area contributed by atoms with Gasteiger partial charge in [-0.05, 0) is 37.8 Å². The second-order valence-corrected chi connectivity index (χ2v) is 5.31. The van der Waals surface area contributed by atoms with Crippen LogP contribution < -0.4 is 11.1 Å². The number of amides is 1. The van der Waals surface area contributed by atoms with Gasteiger partial charge in [0.15, 0.2) is 0 Å². The maximum atomic E-state index is 12.5. The molecule has 1 aromatic carbocycles. The highest BCUT2D eigenvalue weighted by molar-refractivity contribution is 7.80. The molecule has 0 saturated carbocycles. The van der Waals surface area contributed by atoms with Gasteiger partial charge in [-0.25, -0.2) is 0 Å². The van der Waals surface area contributed by atoms with E-state index in [1.54, 1.807) is 0 Å².